The zero-order valence-corrected chi connectivity index (χ0v) is 20.4. The fourth-order valence-electron chi connectivity index (χ4n) is 3.39. The molecule has 0 fully saturated rings. The minimum Gasteiger partial charge on any atom is -0.396 e. The van der Waals surface area contributed by atoms with Crippen molar-refractivity contribution in [3.63, 3.8) is 0 Å². The lowest BCUT2D eigenvalue weighted by Crippen LogP contribution is -2.50. The summed E-state index contributed by atoms with van der Waals surface area (Å²) in [7, 11) is 0. The molecule has 0 bridgehead atoms. The van der Waals surface area contributed by atoms with Crippen LogP contribution in [0.2, 0.25) is 0 Å². The zero-order valence-electron chi connectivity index (χ0n) is 20.4. The molecule has 0 rings (SSSR count). The molecule has 0 radical (unpaired) electrons. The molecule has 2 atom stereocenters. The van der Waals surface area contributed by atoms with E-state index >= 15 is 0 Å². The first-order valence-corrected chi connectivity index (χ1v) is 12.2. The Morgan fingerprint density at radius 3 is 1.65 bits per heavy atom. The van der Waals surface area contributed by atoms with E-state index in [2.05, 4.69) is 67.5 Å². The molecular formula is C25H47N3O3. The van der Waals surface area contributed by atoms with Gasteiger partial charge in [-0.2, -0.15) is 0 Å². The summed E-state index contributed by atoms with van der Waals surface area (Å²) < 4.78 is 0. The van der Waals surface area contributed by atoms with Gasteiger partial charge in [0.2, 0.25) is 11.8 Å². The molecule has 0 heterocycles. The molecule has 2 amide bonds. The summed E-state index contributed by atoms with van der Waals surface area (Å²) in [5.74, 6) is 0.161. The van der Waals surface area contributed by atoms with Crippen molar-refractivity contribution in [2.75, 3.05) is 26.2 Å². The van der Waals surface area contributed by atoms with Crippen LogP contribution in [0.15, 0.2) is 24.3 Å². The van der Waals surface area contributed by atoms with Crippen molar-refractivity contribution in [3.8, 4) is 0 Å². The van der Waals surface area contributed by atoms with Gasteiger partial charge in [0.25, 0.3) is 0 Å². The molecule has 31 heavy (non-hydrogen) atoms. The van der Waals surface area contributed by atoms with Gasteiger partial charge < -0.3 is 15.7 Å². The van der Waals surface area contributed by atoms with E-state index in [1.807, 2.05) is 0 Å². The number of carbonyl (C=O) groups is 2. The van der Waals surface area contributed by atoms with Crippen LogP contribution in [-0.4, -0.2) is 60.1 Å². The van der Waals surface area contributed by atoms with Crippen molar-refractivity contribution in [3.05, 3.63) is 24.3 Å². The number of unbranched alkanes of at least 4 members (excludes halogenated alkanes) is 2. The number of aliphatic hydroxyl groups excluding tert-OH is 1. The molecule has 0 aliphatic carbocycles. The molecule has 6 nitrogen and oxygen atoms in total. The van der Waals surface area contributed by atoms with E-state index in [9.17, 15) is 14.7 Å². The van der Waals surface area contributed by atoms with Gasteiger partial charge in [0.1, 0.15) is 0 Å². The molecule has 0 aliphatic heterocycles. The van der Waals surface area contributed by atoms with Crippen LogP contribution in [0, 0.1) is 0 Å². The number of carbonyl (C=O) groups excluding carboxylic acids is 2. The van der Waals surface area contributed by atoms with E-state index < -0.39 is 0 Å². The second-order valence-corrected chi connectivity index (χ2v) is 8.16. The maximum absolute atomic E-state index is 12.1. The smallest absolute Gasteiger partial charge is 0.220 e. The van der Waals surface area contributed by atoms with Gasteiger partial charge in [-0.1, -0.05) is 38.2 Å². The van der Waals surface area contributed by atoms with Crippen molar-refractivity contribution >= 4 is 11.8 Å². The topological polar surface area (TPSA) is 81.7 Å². The summed E-state index contributed by atoms with van der Waals surface area (Å²) in [4.78, 5) is 26.5. The molecule has 2 unspecified atom stereocenters. The first-order valence-electron chi connectivity index (χ1n) is 12.2. The summed E-state index contributed by atoms with van der Waals surface area (Å²) >= 11 is 0. The first-order chi connectivity index (χ1) is 15.0. The van der Waals surface area contributed by atoms with E-state index in [4.69, 9.17) is 0 Å². The highest BCUT2D eigenvalue weighted by molar-refractivity contribution is 5.76. The van der Waals surface area contributed by atoms with Crippen LogP contribution in [0.4, 0.5) is 0 Å². The first kappa shape index (κ1) is 29.3. The number of hydrogen-bond acceptors (Lipinski definition) is 4. The highest BCUT2D eigenvalue weighted by atomic mass is 16.3. The van der Waals surface area contributed by atoms with E-state index in [0.29, 0.717) is 32.4 Å². The predicted molar refractivity (Wildman–Crippen MR) is 130 cm³/mol. The summed E-state index contributed by atoms with van der Waals surface area (Å²) in [5, 5.41) is 15.3. The van der Waals surface area contributed by atoms with Crippen LogP contribution in [0.3, 0.4) is 0 Å². The zero-order chi connectivity index (χ0) is 23.3. The van der Waals surface area contributed by atoms with Crippen LogP contribution in [0.25, 0.3) is 0 Å². The number of rotatable bonds is 19. The molecule has 0 aromatic rings. The monoisotopic (exact) mass is 437 g/mol. The number of allylic oxidation sites excluding steroid dienone is 4. The SMILES string of the molecule is CC/C=C/CCCC(=O)NCC(C)N(CCCO)C(C)CNC(=O)CCC/C=C/CC. The van der Waals surface area contributed by atoms with Gasteiger partial charge in [0, 0.05) is 51.2 Å². The van der Waals surface area contributed by atoms with Gasteiger partial charge in [-0.25, -0.2) is 0 Å². The van der Waals surface area contributed by atoms with Gasteiger partial charge >= 0.3 is 0 Å². The number of aliphatic hydroxyl groups is 1. The van der Waals surface area contributed by atoms with E-state index in [1.54, 1.807) is 0 Å². The third-order valence-corrected chi connectivity index (χ3v) is 5.25. The normalized spacial score (nSPS) is 13.7. The highest BCUT2D eigenvalue weighted by Gasteiger charge is 2.20. The minimum absolute atomic E-state index is 0.0805. The second-order valence-electron chi connectivity index (χ2n) is 8.16. The van der Waals surface area contributed by atoms with Gasteiger partial charge in [0.15, 0.2) is 0 Å². The number of nitrogens with zero attached hydrogens (tertiary/aromatic N) is 1. The number of hydrogen-bond donors (Lipinski definition) is 3. The Morgan fingerprint density at radius 1 is 0.806 bits per heavy atom. The standard InChI is InChI=1S/C25H47N3O3/c1-5-7-9-11-13-16-24(30)26-20-22(3)28(18-15-19-29)23(4)21-27-25(31)17-14-12-10-8-6-2/h7-10,22-23,29H,5-6,11-21H2,1-4H3,(H,26,30)(H,27,31)/b9-7+,10-8+. The Balaban J connectivity index is 4.37. The number of nitrogens with one attached hydrogen (secondary N) is 2. The lowest BCUT2D eigenvalue weighted by molar-refractivity contribution is -0.121. The molecule has 0 spiro atoms. The van der Waals surface area contributed by atoms with Gasteiger partial charge in [-0.3, -0.25) is 14.5 Å². The fourth-order valence-corrected chi connectivity index (χ4v) is 3.39. The van der Waals surface area contributed by atoms with Gasteiger partial charge in [-0.05, 0) is 58.8 Å². The van der Waals surface area contributed by atoms with E-state index in [1.165, 1.54) is 0 Å². The largest absolute Gasteiger partial charge is 0.396 e. The molecule has 0 aromatic carbocycles. The third-order valence-electron chi connectivity index (χ3n) is 5.25. The average Bonchev–Trinajstić information content (AvgIpc) is 2.76. The quantitative estimate of drug-likeness (QED) is 0.211. The molecule has 0 saturated carbocycles. The lowest BCUT2D eigenvalue weighted by Gasteiger charge is -2.34. The van der Waals surface area contributed by atoms with Crippen molar-refractivity contribution in [1.82, 2.24) is 15.5 Å². The van der Waals surface area contributed by atoms with Crippen LogP contribution < -0.4 is 10.6 Å². The highest BCUT2D eigenvalue weighted by Crippen LogP contribution is 2.07. The molecule has 0 saturated heterocycles. The Hall–Kier alpha value is -1.66. The molecule has 0 aliphatic rings. The van der Waals surface area contributed by atoms with Gasteiger partial charge in [-0.15, -0.1) is 0 Å². The summed E-state index contributed by atoms with van der Waals surface area (Å²) in [6.45, 7) is 10.4. The molecule has 0 aromatic heterocycles. The van der Waals surface area contributed by atoms with Crippen molar-refractivity contribution < 1.29 is 14.7 Å². The van der Waals surface area contributed by atoms with Crippen LogP contribution in [0.1, 0.15) is 85.5 Å². The second kappa shape index (κ2) is 20.3. The minimum atomic E-state index is 0.0805. The van der Waals surface area contributed by atoms with E-state index in [0.717, 1.165) is 45.1 Å². The molecule has 6 heteroatoms. The van der Waals surface area contributed by atoms with E-state index in [-0.39, 0.29) is 30.5 Å². The molecule has 180 valence electrons. The Kier molecular flexibility index (Phi) is 19.2. The van der Waals surface area contributed by atoms with Crippen molar-refractivity contribution in [2.24, 2.45) is 0 Å². The Bertz CT molecular complexity index is 478. The average molecular weight is 438 g/mol. The maximum Gasteiger partial charge on any atom is 0.220 e. The van der Waals surface area contributed by atoms with Crippen LogP contribution in [-0.2, 0) is 9.59 Å². The Labute approximate surface area is 190 Å². The molecule has 3 N–H and O–H groups in total. The van der Waals surface area contributed by atoms with Crippen molar-refractivity contribution in [2.45, 2.75) is 97.6 Å². The van der Waals surface area contributed by atoms with Crippen LogP contribution in [0.5, 0.6) is 0 Å². The Morgan fingerprint density at radius 2 is 1.26 bits per heavy atom. The summed E-state index contributed by atoms with van der Waals surface area (Å²) in [6, 6.07) is 0.253. The predicted octanol–water partition coefficient (Wildman–Crippen LogP) is 3.95. The summed E-state index contributed by atoms with van der Waals surface area (Å²) in [6.07, 6.45) is 15.9. The summed E-state index contributed by atoms with van der Waals surface area (Å²) in [5.41, 5.74) is 0. The number of amides is 2. The molecular weight excluding hydrogens is 390 g/mol. The maximum atomic E-state index is 12.1. The van der Waals surface area contributed by atoms with Gasteiger partial charge in [0.05, 0.1) is 0 Å². The van der Waals surface area contributed by atoms with Crippen molar-refractivity contribution in [1.29, 1.82) is 0 Å². The third kappa shape index (κ3) is 16.7. The lowest BCUT2D eigenvalue weighted by atomic mass is 10.1. The van der Waals surface area contributed by atoms with Crippen LogP contribution >= 0.6 is 0 Å². The fraction of sp³-hybridized carbons (Fsp3) is 0.760.